The van der Waals surface area contributed by atoms with Crippen LogP contribution in [0.2, 0.25) is 0 Å². The third-order valence-corrected chi connectivity index (χ3v) is 4.04. The van der Waals surface area contributed by atoms with Gasteiger partial charge in [-0.05, 0) is 18.0 Å². The van der Waals surface area contributed by atoms with Crippen LogP contribution in [0.1, 0.15) is 6.92 Å². The molecule has 1 aromatic rings. The Balaban J connectivity index is 3.20. The summed E-state index contributed by atoms with van der Waals surface area (Å²) in [5.74, 6) is -1.20. The highest BCUT2D eigenvalue weighted by Gasteiger charge is 2.25. The Hall–Kier alpha value is -2.04. The molecular formula is C11H13N2O7S-. The molecule has 0 heterocycles. The van der Waals surface area contributed by atoms with Crippen LogP contribution in [-0.2, 0) is 10.0 Å². The van der Waals surface area contributed by atoms with Crippen molar-refractivity contribution in [2.24, 2.45) is 9.81 Å². The Bertz CT molecular complexity index is 648. The largest absolute Gasteiger partial charge is 0.861 e. The van der Waals surface area contributed by atoms with Crippen molar-refractivity contribution in [3.63, 3.8) is 0 Å². The molecule has 0 aliphatic carbocycles. The van der Waals surface area contributed by atoms with Crippen LogP contribution < -0.4 is 5.11 Å². The predicted octanol–water partition coefficient (Wildman–Crippen LogP) is -0.967. The summed E-state index contributed by atoms with van der Waals surface area (Å²) in [6.45, 7) is -0.395. The van der Waals surface area contributed by atoms with Crippen molar-refractivity contribution in [1.29, 1.82) is 0 Å². The summed E-state index contributed by atoms with van der Waals surface area (Å²) in [6.07, 6.45) is 0. The minimum Gasteiger partial charge on any atom is -0.861 e. The summed E-state index contributed by atoms with van der Waals surface area (Å²) in [7, 11) is -4.37. The van der Waals surface area contributed by atoms with Gasteiger partial charge in [0.25, 0.3) is 15.7 Å². The number of aliphatic hydroxyl groups excluding tert-OH is 2. The maximum atomic E-state index is 11.9. The Labute approximate surface area is 120 Å². The molecule has 0 aliphatic heterocycles. The summed E-state index contributed by atoms with van der Waals surface area (Å²) >= 11 is 0. The van der Waals surface area contributed by atoms with E-state index in [0.717, 1.165) is 31.2 Å². The molecule has 0 saturated heterocycles. The second-order valence-electron chi connectivity index (χ2n) is 4.50. The maximum absolute atomic E-state index is 11.9. The minimum absolute atomic E-state index is 0.309. The van der Waals surface area contributed by atoms with E-state index in [1.54, 1.807) is 0 Å². The van der Waals surface area contributed by atoms with Crippen LogP contribution in [0.15, 0.2) is 33.6 Å². The fourth-order valence-corrected chi connectivity index (χ4v) is 2.22. The van der Waals surface area contributed by atoms with Crippen LogP contribution in [0.3, 0.4) is 0 Å². The van der Waals surface area contributed by atoms with Gasteiger partial charge in [-0.1, -0.05) is 6.92 Å². The lowest BCUT2D eigenvalue weighted by Gasteiger charge is -2.30. The van der Waals surface area contributed by atoms with Crippen molar-refractivity contribution in [2.45, 2.75) is 11.8 Å². The van der Waals surface area contributed by atoms with E-state index < -0.39 is 44.4 Å². The van der Waals surface area contributed by atoms with Crippen LogP contribution in [0.5, 0.6) is 0 Å². The van der Waals surface area contributed by atoms with Gasteiger partial charge in [0.05, 0.1) is 23.0 Å². The standard InChI is InChI=1S/C11H14N2O7S/c1-11(6-14,7-15)10(16)12-21(19,20)9-4-2-8(3-5-9)13(17)18/h2-5,14-15H,6-7H2,1H3,(H,12,16)/p-1. The molecule has 0 aliphatic rings. The normalized spacial score (nSPS) is 13.2. The number of nitro groups is 1. The van der Waals surface area contributed by atoms with Gasteiger partial charge in [-0.3, -0.25) is 10.1 Å². The minimum atomic E-state index is -4.37. The van der Waals surface area contributed by atoms with Gasteiger partial charge in [-0.15, -0.1) is 0 Å². The van der Waals surface area contributed by atoms with Gasteiger partial charge in [0, 0.05) is 17.5 Å². The molecule has 0 spiro atoms. The number of nitro benzene ring substituents is 1. The summed E-state index contributed by atoms with van der Waals surface area (Å²) in [5, 5.41) is 40.2. The van der Waals surface area contributed by atoms with Crippen molar-refractivity contribution in [1.82, 2.24) is 0 Å². The highest BCUT2D eigenvalue weighted by molar-refractivity contribution is 7.90. The fourth-order valence-electron chi connectivity index (χ4n) is 1.20. The van der Waals surface area contributed by atoms with Crippen molar-refractivity contribution < 1.29 is 28.7 Å². The monoisotopic (exact) mass is 317 g/mol. The first kappa shape index (κ1) is 17.0. The molecule has 2 N–H and O–H groups in total. The first-order chi connectivity index (χ1) is 9.66. The van der Waals surface area contributed by atoms with Gasteiger partial charge in [-0.25, -0.2) is 0 Å². The molecule has 0 amide bonds. The van der Waals surface area contributed by atoms with E-state index in [1.807, 2.05) is 0 Å². The van der Waals surface area contributed by atoms with E-state index in [-0.39, 0.29) is 5.69 Å². The molecule has 21 heavy (non-hydrogen) atoms. The Morgan fingerprint density at radius 3 is 2.14 bits per heavy atom. The summed E-state index contributed by atoms with van der Waals surface area (Å²) < 4.78 is 26.8. The van der Waals surface area contributed by atoms with Crippen LogP contribution in [-0.4, -0.2) is 42.7 Å². The zero-order valence-electron chi connectivity index (χ0n) is 11.0. The molecule has 1 aromatic carbocycles. The average molecular weight is 317 g/mol. The van der Waals surface area contributed by atoms with E-state index in [4.69, 9.17) is 10.2 Å². The number of rotatable bonds is 6. The lowest BCUT2D eigenvalue weighted by atomic mass is 9.93. The van der Waals surface area contributed by atoms with Crippen molar-refractivity contribution >= 4 is 21.6 Å². The third-order valence-electron chi connectivity index (χ3n) is 2.76. The predicted molar refractivity (Wildman–Crippen MR) is 70.0 cm³/mol. The molecule has 116 valence electrons. The van der Waals surface area contributed by atoms with Crippen LogP contribution >= 0.6 is 0 Å². The fraction of sp³-hybridized carbons (Fsp3) is 0.364. The number of aliphatic hydroxyl groups is 2. The average Bonchev–Trinajstić information content (AvgIpc) is 2.45. The second kappa shape index (κ2) is 6.16. The lowest BCUT2D eigenvalue weighted by Crippen LogP contribution is -2.43. The van der Waals surface area contributed by atoms with Gasteiger partial charge in [0.15, 0.2) is 0 Å². The molecule has 0 radical (unpaired) electrons. The number of sulfonamides is 1. The van der Waals surface area contributed by atoms with Crippen LogP contribution in [0.25, 0.3) is 0 Å². The van der Waals surface area contributed by atoms with E-state index >= 15 is 0 Å². The van der Waals surface area contributed by atoms with Crippen molar-refractivity contribution in [2.75, 3.05) is 13.2 Å². The molecule has 10 heteroatoms. The topological polar surface area (TPSA) is 153 Å². The maximum Gasteiger partial charge on any atom is 0.281 e. The first-order valence-corrected chi connectivity index (χ1v) is 7.09. The molecule has 0 bridgehead atoms. The van der Waals surface area contributed by atoms with E-state index in [1.165, 1.54) is 0 Å². The smallest absolute Gasteiger partial charge is 0.281 e. The first-order valence-electron chi connectivity index (χ1n) is 5.65. The Morgan fingerprint density at radius 1 is 1.29 bits per heavy atom. The zero-order valence-corrected chi connectivity index (χ0v) is 11.8. The quantitative estimate of drug-likeness (QED) is 0.296. The second-order valence-corrected chi connectivity index (χ2v) is 6.10. The molecule has 0 aromatic heterocycles. The van der Waals surface area contributed by atoms with Gasteiger partial charge in [0.1, 0.15) is 0 Å². The van der Waals surface area contributed by atoms with Gasteiger partial charge in [-0.2, -0.15) is 12.8 Å². The van der Waals surface area contributed by atoms with Gasteiger partial charge < -0.3 is 15.3 Å². The molecular weight excluding hydrogens is 304 g/mol. The SMILES string of the molecule is CC(CO)(CO)/C([O-])=N/S(=O)(=O)c1ccc([N+](=O)[O-])cc1. The molecule has 9 nitrogen and oxygen atoms in total. The van der Waals surface area contributed by atoms with E-state index in [9.17, 15) is 23.6 Å². The van der Waals surface area contributed by atoms with Gasteiger partial charge in [0.2, 0.25) is 0 Å². The molecule has 0 unspecified atom stereocenters. The van der Waals surface area contributed by atoms with Crippen LogP contribution in [0, 0.1) is 15.5 Å². The van der Waals surface area contributed by atoms with Gasteiger partial charge >= 0.3 is 0 Å². The highest BCUT2D eigenvalue weighted by atomic mass is 32.2. The summed E-state index contributed by atoms with van der Waals surface area (Å²) in [5.41, 5.74) is -2.02. The lowest BCUT2D eigenvalue weighted by molar-refractivity contribution is -0.384. The number of benzene rings is 1. The van der Waals surface area contributed by atoms with Crippen molar-refractivity contribution in [3.8, 4) is 0 Å². The third kappa shape index (κ3) is 3.74. The molecule has 0 saturated carbocycles. The van der Waals surface area contributed by atoms with Crippen LogP contribution in [0.4, 0.5) is 5.69 Å². The zero-order chi connectivity index (χ0) is 16.3. The van der Waals surface area contributed by atoms with E-state index in [0.29, 0.717) is 0 Å². The van der Waals surface area contributed by atoms with E-state index in [2.05, 4.69) is 4.40 Å². The number of nitrogens with zero attached hydrogens (tertiary/aromatic N) is 2. The Morgan fingerprint density at radius 2 is 1.76 bits per heavy atom. The highest BCUT2D eigenvalue weighted by Crippen LogP contribution is 2.20. The van der Waals surface area contributed by atoms with Crippen molar-refractivity contribution in [3.05, 3.63) is 34.4 Å². The Kier molecular flexibility index (Phi) is 4.99. The number of hydrogen-bond acceptors (Lipinski definition) is 7. The molecule has 0 atom stereocenters. The molecule has 0 fully saturated rings. The summed E-state index contributed by atoms with van der Waals surface area (Å²) in [6, 6.07) is 3.81. The molecule has 1 rings (SSSR count). The number of hydrogen-bond donors (Lipinski definition) is 2. The number of non-ortho nitro benzene ring substituents is 1. The summed E-state index contributed by atoms with van der Waals surface area (Å²) in [4.78, 5) is 9.37.